The zero-order valence-electron chi connectivity index (χ0n) is 8.37. The third-order valence-electron chi connectivity index (χ3n) is 2.00. The molecule has 0 amide bonds. The summed E-state index contributed by atoms with van der Waals surface area (Å²) in [5.74, 6) is 0.873. The molecule has 0 spiro atoms. The van der Waals surface area contributed by atoms with Gasteiger partial charge in [-0.3, -0.25) is 0 Å². The van der Waals surface area contributed by atoms with E-state index in [0.29, 0.717) is 0 Å². The van der Waals surface area contributed by atoms with E-state index >= 15 is 0 Å². The van der Waals surface area contributed by atoms with Crippen molar-refractivity contribution in [1.82, 2.24) is 4.98 Å². The predicted molar refractivity (Wildman–Crippen MR) is 66.4 cm³/mol. The molecule has 0 bridgehead atoms. The molecule has 0 saturated heterocycles. The van der Waals surface area contributed by atoms with E-state index in [9.17, 15) is 0 Å². The summed E-state index contributed by atoms with van der Waals surface area (Å²) >= 11 is 3.40. The second-order valence-corrected chi connectivity index (χ2v) is 4.21. The smallest absolute Gasteiger partial charge is 0.130 e. The summed E-state index contributed by atoms with van der Waals surface area (Å²) in [5.41, 5.74) is 2.05. The zero-order chi connectivity index (χ0) is 10.7. The fourth-order valence-corrected chi connectivity index (χ4v) is 1.56. The van der Waals surface area contributed by atoms with Crippen molar-refractivity contribution in [3.05, 3.63) is 52.6 Å². The quantitative estimate of drug-likeness (QED) is 0.888. The van der Waals surface area contributed by atoms with E-state index in [-0.39, 0.29) is 0 Å². The lowest BCUT2D eigenvalue weighted by Crippen LogP contribution is -1.93. The number of nitrogens with zero attached hydrogens (tertiary/aromatic N) is 1. The molecule has 2 nitrogen and oxygen atoms in total. The highest BCUT2D eigenvalue weighted by atomic mass is 79.9. The zero-order valence-corrected chi connectivity index (χ0v) is 9.95. The molecule has 3 heteroatoms. The number of pyridine rings is 1. The van der Waals surface area contributed by atoms with Gasteiger partial charge < -0.3 is 5.32 Å². The number of aryl methyl sites for hydroxylation is 1. The van der Waals surface area contributed by atoms with Crippen LogP contribution in [-0.4, -0.2) is 4.98 Å². The topological polar surface area (TPSA) is 24.9 Å². The van der Waals surface area contributed by atoms with Gasteiger partial charge in [-0.25, -0.2) is 4.98 Å². The fourth-order valence-electron chi connectivity index (χ4n) is 1.29. The molecule has 1 aromatic carbocycles. The van der Waals surface area contributed by atoms with E-state index in [1.165, 1.54) is 0 Å². The van der Waals surface area contributed by atoms with Crippen LogP contribution in [0.1, 0.15) is 5.69 Å². The summed E-state index contributed by atoms with van der Waals surface area (Å²) in [6, 6.07) is 13.9. The van der Waals surface area contributed by atoms with Crippen molar-refractivity contribution in [2.24, 2.45) is 0 Å². The van der Waals surface area contributed by atoms with Crippen LogP contribution in [0.3, 0.4) is 0 Å². The Morgan fingerprint density at radius 3 is 2.47 bits per heavy atom. The van der Waals surface area contributed by atoms with Gasteiger partial charge in [0, 0.05) is 15.9 Å². The maximum atomic E-state index is 4.37. The van der Waals surface area contributed by atoms with Crippen molar-refractivity contribution in [1.29, 1.82) is 0 Å². The minimum atomic E-state index is 0.873. The van der Waals surface area contributed by atoms with Crippen molar-refractivity contribution in [2.45, 2.75) is 6.92 Å². The van der Waals surface area contributed by atoms with E-state index in [1.807, 2.05) is 49.4 Å². The molecule has 0 radical (unpaired) electrons. The Balaban J connectivity index is 2.18. The largest absolute Gasteiger partial charge is 0.340 e. The Bertz CT molecular complexity index is 451. The van der Waals surface area contributed by atoms with Crippen LogP contribution >= 0.6 is 15.9 Å². The number of benzene rings is 1. The van der Waals surface area contributed by atoms with Gasteiger partial charge in [0.15, 0.2) is 0 Å². The van der Waals surface area contributed by atoms with Gasteiger partial charge in [0.25, 0.3) is 0 Å². The summed E-state index contributed by atoms with van der Waals surface area (Å²) < 4.78 is 1.07. The SMILES string of the molecule is Cc1cccc(Nc2ccc(Br)cc2)n1. The van der Waals surface area contributed by atoms with Crippen LogP contribution in [0.4, 0.5) is 11.5 Å². The van der Waals surface area contributed by atoms with Crippen molar-refractivity contribution >= 4 is 27.4 Å². The first kappa shape index (κ1) is 10.2. The molecule has 0 aliphatic rings. The van der Waals surface area contributed by atoms with Gasteiger partial charge in [-0.05, 0) is 43.3 Å². The molecule has 0 unspecified atom stereocenters. The van der Waals surface area contributed by atoms with Crippen LogP contribution in [0.2, 0.25) is 0 Å². The van der Waals surface area contributed by atoms with Gasteiger partial charge in [0.2, 0.25) is 0 Å². The van der Waals surface area contributed by atoms with Crippen LogP contribution < -0.4 is 5.32 Å². The highest BCUT2D eigenvalue weighted by molar-refractivity contribution is 9.10. The standard InChI is InChI=1S/C12H11BrN2/c1-9-3-2-4-12(14-9)15-11-7-5-10(13)6-8-11/h2-8H,1H3,(H,14,15). The summed E-state index contributed by atoms with van der Waals surface area (Å²) in [4.78, 5) is 4.37. The normalized spacial score (nSPS) is 10.0. The Morgan fingerprint density at radius 1 is 1.07 bits per heavy atom. The fraction of sp³-hybridized carbons (Fsp3) is 0.0833. The van der Waals surface area contributed by atoms with Crippen LogP contribution in [0, 0.1) is 6.92 Å². The van der Waals surface area contributed by atoms with Crippen LogP contribution in [-0.2, 0) is 0 Å². The lowest BCUT2D eigenvalue weighted by molar-refractivity contribution is 1.20. The second-order valence-electron chi connectivity index (χ2n) is 3.30. The molecule has 0 fully saturated rings. The first-order valence-corrected chi connectivity index (χ1v) is 5.49. The average molecular weight is 263 g/mol. The summed E-state index contributed by atoms with van der Waals surface area (Å²) in [6.07, 6.45) is 0. The molecule has 2 rings (SSSR count). The van der Waals surface area contributed by atoms with Crippen LogP contribution in [0.15, 0.2) is 46.9 Å². The first-order valence-electron chi connectivity index (χ1n) is 4.70. The number of aromatic nitrogens is 1. The van der Waals surface area contributed by atoms with Gasteiger partial charge in [0.1, 0.15) is 5.82 Å². The lowest BCUT2D eigenvalue weighted by atomic mass is 10.3. The molecular weight excluding hydrogens is 252 g/mol. The predicted octanol–water partition coefficient (Wildman–Crippen LogP) is 3.90. The minimum absolute atomic E-state index is 0.873. The molecule has 1 N–H and O–H groups in total. The maximum absolute atomic E-state index is 4.37. The maximum Gasteiger partial charge on any atom is 0.130 e. The molecule has 15 heavy (non-hydrogen) atoms. The summed E-state index contributed by atoms with van der Waals surface area (Å²) in [5, 5.41) is 3.24. The number of halogens is 1. The number of hydrogen-bond acceptors (Lipinski definition) is 2. The van der Waals surface area contributed by atoms with Crippen molar-refractivity contribution in [3.63, 3.8) is 0 Å². The molecule has 1 aromatic heterocycles. The Labute approximate surface area is 97.5 Å². The van der Waals surface area contributed by atoms with Gasteiger partial charge in [-0.2, -0.15) is 0 Å². The molecule has 0 atom stereocenters. The molecule has 2 aromatic rings. The van der Waals surface area contributed by atoms with Crippen molar-refractivity contribution in [3.8, 4) is 0 Å². The monoisotopic (exact) mass is 262 g/mol. The molecule has 76 valence electrons. The van der Waals surface area contributed by atoms with Crippen molar-refractivity contribution in [2.75, 3.05) is 5.32 Å². The van der Waals surface area contributed by atoms with E-state index in [1.54, 1.807) is 0 Å². The second kappa shape index (κ2) is 4.45. The number of rotatable bonds is 2. The van der Waals surface area contributed by atoms with Gasteiger partial charge >= 0.3 is 0 Å². The van der Waals surface area contributed by atoms with Gasteiger partial charge in [-0.15, -0.1) is 0 Å². The average Bonchev–Trinajstić information content (AvgIpc) is 2.22. The van der Waals surface area contributed by atoms with E-state index in [2.05, 4.69) is 26.2 Å². The van der Waals surface area contributed by atoms with Crippen molar-refractivity contribution < 1.29 is 0 Å². The van der Waals surface area contributed by atoms with Gasteiger partial charge in [-0.1, -0.05) is 22.0 Å². The highest BCUT2D eigenvalue weighted by Gasteiger charge is 1.95. The first-order chi connectivity index (χ1) is 7.24. The van der Waals surface area contributed by atoms with E-state index in [4.69, 9.17) is 0 Å². The Morgan fingerprint density at radius 2 is 1.80 bits per heavy atom. The third kappa shape index (κ3) is 2.80. The molecule has 1 heterocycles. The lowest BCUT2D eigenvalue weighted by Gasteiger charge is -2.05. The Kier molecular flexibility index (Phi) is 3.02. The molecular formula is C12H11BrN2. The van der Waals surface area contributed by atoms with E-state index in [0.717, 1.165) is 21.7 Å². The summed E-state index contributed by atoms with van der Waals surface area (Å²) in [7, 11) is 0. The number of nitrogens with one attached hydrogen (secondary N) is 1. The van der Waals surface area contributed by atoms with Gasteiger partial charge in [0.05, 0.1) is 0 Å². The highest BCUT2D eigenvalue weighted by Crippen LogP contribution is 2.17. The van der Waals surface area contributed by atoms with Crippen LogP contribution in [0.25, 0.3) is 0 Å². The van der Waals surface area contributed by atoms with E-state index < -0.39 is 0 Å². The third-order valence-corrected chi connectivity index (χ3v) is 2.53. The number of anilines is 2. The number of hydrogen-bond donors (Lipinski definition) is 1. The summed E-state index contributed by atoms with van der Waals surface area (Å²) in [6.45, 7) is 1.98. The molecule has 0 aliphatic carbocycles. The Hall–Kier alpha value is -1.35. The molecule has 0 saturated carbocycles. The minimum Gasteiger partial charge on any atom is -0.340 e. The van der Waals surface area contributed by atoms with Crippen LogP contribution in [0.5, 0.6) is 0 Å². The molecule has 0 aliphatic heterocycles.